The van der Waals surface area contributed by atoms with Crippen LogP contribution in [0.4, 0.5) is 4.79 Å². The van der Waals surface area contributed by atoms with Crippen molar-refractivity contribution in [1.29, 1.82) is 0 Å². The maximum Gasteiger partial charge on any atom is 0.319 e. The summed E-state index contributed by atoms with van der Waals surface area (Å²) in [5.41, 5.74) is 0. The predicted octanol–water partition coefficient (Wildman–Crippen LogP) is 1.48. The number of rotatable bonds is 2. The van der Waals surface area contributed by atoms with E-state index in [4.69, 9.17) is 0 Å². The van der Waals surface area contributed by atoms with Gasteiger partial charge in [0.1, 0.15) is 0 Å². The molecule has 0 aromatic carbocycles. The zero-order valence-electron chi connectivity index (χ0n) is 15.0. The van der Waals surface area contributed by atoms with Crippen molar-refractivity contribution in [2.75, 3.05) is 39.3 Å². The molecule has 0 aromatic rings. The van der Waals surface area contributed by atoms with Crippen molar-refractivity contribution in [2.45, 2.75) is 39.0 Å². The molecule has 3 amide bonds. The number of carboxylic acid groups (broad SMARTS) is 1. The summed E-state index contributed by atoms with van der Waals surface area (Å²) < 4.78 is 0. The number of aliphatic carboxylic acids is 1. The molecule has 2 atom stereocenters. The van der Waals surface area contributed by atoms with Gasteiger partial charge in [0, 0.05) is 45.2 Å². The van der Waals surface area contributed by atoms with Gasteiger partial charge in [0.05, 0.1) is 5.92 Å². The first-order valence-electron chi connectivity index (χ1n) is 9.53. The van der Waals surface area contributed by atoms with Crippen LogP contribution in [0.2, 0.25) is 0 Å². The van der Waals surface area contributed by atoms with Gasteiger partial charge in [-0.3, -0.25) is 9.59 Å². The summed E-state index contributed by atoms with van der Waals surface area (Å²) in [7, 11) is 0. The van der Waals surface area contributed by atoms with Crippen LogP contribution in [0.1, 0.15) is 39.0 Å². The molecule has 7 nitrogen and oxygen atoms in total. The lowest BCUT2D eigenvalue weighted by Crippen LogP contribution is -2.50. The van der Waals surface area contributed by atoms with Crippen LogP contribution in [0.5, 0.6) is 0 Å². The molecule has 0 bridgehead atoms. The fourth-order valence-corrected chi connectivity index (χ4v) is 4.40. The number of carbonyl (C=O) groups excluding carboxylic acids is 2. The van der Waals surface area contributed by atoms with Gasteiger partial charge in [0.25, 0.3) is 0 Å². The van der Waals surface area contributed by atoms with E-state index < -0.39 is 5.97 Å². The number of urea groups is 1. The lowest BCUT2D eigenvalue weighted by atomic mass is 9.85. The number of hydrogen-bond acceptors (Lipinski definition) is 3. The first-order chi connectivity index (χ1) is 12.0. The minimum atomic E-state index is -0.756. The topological polar surface area (TPSA) is 81.2 Å². The van der Waals surface area contributed by atoms with Gasteiger partial charge in [0.2, 0.25) is 5.91 Å². The quantitative estimate of drug-likeness (QED) is 0.817. The molecule has 7 heteroatoms. The van der Waals surface area contributed by atoms with Crippen LogP contribution in [0.25, 0.3) is 0 Å². The van der Waals surface area contributed by atoms with E-state index in [1.54, 1.807) is 0 Å². The second-order valence-corrected chi connectivity index (χ2v) is 7.73. The molecule has 3 rings (SSSR count). The van der Waals surface area contributed by atoms with E-state index in [0.29, 0.717) is 45.4 Å². The molecular formula is C18H29N3O4. The number of nitrogens with zero attached hydrogens (tertiary/aromatic N) is 3. The SMILES string of the molecule is C[C@@H]1CN(C(=O)C2CCN(C(=O)N3CCCC3)CC2)CC[C@@H]1C(=O)O. The highest BCUT2D eigenvalue weighted by Crippen LogP contribution is 2.27. The van der Waals surface area contributed by atoms with Gasteiger partial charge < -0.3 is 19.8 Å². The Kier molecular flexibility index (Phi) is 5.49. The molecule has 25 heavy (non-hydrogen) atoms. The molecular weight excluding hydrogens is 322 g/mol. The standard InChI is InChI=1S/C18H29N3O4/c1-13-12-21(11-6-15(13)17(23)24)16(22)14-4-9-20(10-5-14)18(25)19-7-2-3-8-19/h13-15H,2-12H2,1H3,(H,23,24)/t13-,15+/m1/s1. The van der Waals surface area contributed by atoms with Gasteiger partial charge in [0.15, 0.2) is 0 Å². The van der Waals surface area contributed by atoms with Crippen LogP contribution in [0, 0.1) is 17.8 Å². The molecule has 0 unspecified atom stereocenters. The van der Waals surface area contributed by atoms with Gasteiger partial charge >= 0.3 is 12.0 Å². The highest BCUT2D eigenvalue weighted by molar-refractivity contribution is 5.80. The van der Waals surface area contributed by atoms with E-state index in [-0.39, 0.29) is 29.7 Å². The molecule has 0 radical (unpaired) electrons. The van der Waals surface area contributed by atoms with Gasteiger partial charge in [-0.15, -0.1) is 0 Å². The molecule has 0 spiro atoms. The van der Waals surface area contributed by atoms with E-state index in [1.165, 1.54) is 0 Å². The number of amides is 3. The van der Waals surface area contributed by atoms with Crippen molar-refractivity contribution in [3.63, 3.8) is 0 Å². The van der Waals surface area contributed by atoms with Crippen LogP contribution in [-0.4, -0.2) is 77.0 Å². The minimum absolute atomic E-state index is 0.00738. The molecule has 140 valence electrons. The summed E-state index contributed by atoms with van der Waals surface area (Å²) in [6, 6.07) is 0.124. The van der Waals surface area contributed by atoms with Crippen LogP contribution >= 0.6 is 0 Å². The first kappa shape index (κ1) is 18.0. The molecule has 3 aliphatic heterocycles. The third-order valence-electron chi connectivity index (χ3n) is 6.03. The van der Waals surface area contributed by atoms with Gasteiger partial charge in [-0.2, -0.15) is 0 Å². The average molecular weight is 351 g/mol. The molecule has 3 heterocycles. The Bertz CT molecular complexity index is 524. The summed E-state index contributed by atoms with van der Waals surface area (Å²) in [4.78, 5) is 42.0. The Morgan fingerprint density at radius 3 is 1.96 bits per heavy atom. The normalized spacial score (nSPS) is 28.3. The summed E-state index contributed by atoms with van der Waals surface area (Å²) in [6.45, 7) is 5.98. The second kappa shape index (κ2) is 7.62. The fourth-order valence-electron chi connectivity index (χ4n) is 4.40. The van der Waals surface area contributed by atoms with E-state index in [1.807, 2.05) is 21.6 Å². The van der Waals surface area contributed by atoms with Crippen molar-refractivity contribution >= 4 is 17.9 Å². The van der Waals surface area contributed by atoms with Crippen molar-refractivity contribution in [2.24, 2.45) is 17.8 Å². The molecule has 0 aliphatic carbocycles. The Balaban J connectivity index is 1.48. The van der Waals surface area contributed by atoms with Crippen LogP contribution in [0.3, 0.4) is 0 Å². The lowest BCUT2D eigenvalue weighted by Gasteiger charge is -2.39. The molecule has 1 N–H and O–H groups in total. The zero-order chi connectivity index (χ0) is 18.0. The smallest absolute Gasteiger partial charge is 0.319 e. The summed E-state index contributed by atoms with van der Waals surface area (Å²) in [5, 5.41) is 9.21. The maximum absolute atomic E-state index is 12.8. The second-order valence-electron chi connectivity index (χ2n) is 7.73. The van der Waals surface area contributed by atoms with Crippen LogP contribution in [-0.2, 0) is 9.59 Å². The van der Waals surface area contributed by atoms with Crippen LogP contribution in [0.15, 0.2) is 0 Å². The Morgan fingerprint density at radius 1 is 0.840 bits per heavy atom. The molecule has 0 aromatic heterocycles. The molecule has 0 saturated carbocycles. The Morgan fingerprint density at radius 2 is 1.40 bits per heavy atom. The van der Waals surface area contributed by atoms with Crippen LogP contribution < -0.4 is 0 Å². The molecule has 3 aliphatic rings. The Hall–Kier alpha value is -1.79. The van der Waals surface area contributed by atoms with Gasteiger partial charge in [-0.05, 0) is 38.0 Å². The summed E-state index contributed by atoms with van der Waals surface area (Å²) in [6.07, 6.45) is 4.14. The van der Waals surface area contributed by atoms with Crippen molar-refractivity contribution in [3.8, 4) is 0 Å². The minimum Gasteiger partial charge on any atom is -0.481 e. The Labute approximate surface area is 148 Å². The third-order valence-corrected chi connectivity index (χ3v) is 6.03. The van der Waals surface area contributed by atoms with Gasteiger partial charge in [-0.25, -0.2) is 4.79 Å². The van der Waals surface area contributed by atoms with Crippen molar-refractivity contribution < 1.29 is 19.5 Å². The molecule has 3 saturated heterocycles. The average Bonchev–Trinajstić information content (AvgIpc) is 3.15. The third kappa shape index (κ3) is 3.90. The van der Waals surface area contributed by atoms with E-state index in [0.717, 1.165) is 25.9 Å². The molecule has 3 fully saturated rings. The zero-order valence-corrected chi connectivity index (χ0v) is 15.0. The monoisotopic (exact) mass is 351 g/mol. The lowest BCUT2D eigenvalue weighted by molar-refractivity contribution is -0.149. The first-order valence-corrected chi connectivity index (χ1v) is 9.53. The number of carboxylic acids is 1. The van der Waals surface area contributed by atoms with E-state index in [2.05, 4.69) is 0 Å². The van der Waals surface area contributed by atoms with E-state index in [9.17, 15) is 19.5 Å². The maximum atomic E-state index is 12.8. The number of hydrogen-bond donors (Lipinski definition) is 1. The largest absolute Gasteiger partial charge is 0.481 e. The number of carbonyl (C=O) groups is 3. The fraction of sp³-hybridized carbons (Fsp3) is 0.833. The highest BCUT2D eigenvalue weighted by Gasteiger charge is 2.37. The number of likely N-dealkylation sites (tertiary alicyclic amines) is 3. The predicted molar refractivity (Wildman–Crippen MR) is 92.0 cm³/mol. The summed E-state index contributed by atoms with van der Waals surface area (Å²) in [5.74, 6) is -0.996. The van der Waals surface area contributed by atoms with Gasteiger partial charge in [-0.1, -0.05) is 6.92 Å². The van der Waals surface area contributed by atoms with Crippen molar-refractivity contribution in [1.82, 2.24) is 14.7 Å². The van der Waals surface area contributed by atoms with Crippen molar-refractivity contribution in [3.05, 3.63) is 0 Å². The summed E-state index contributed by atoms with van der Waals surface area (Å²) >= 11 is 0. The number of piperidine rings is 2. The van der Waals surface area contributed by atoms with E-state index >= 15 is 0 Å². The highest BCUT2D eigenvalue weighted by atomic mass is 16.4.